The van der Waals surface area contributed by atoms with Crippen LogP contribution in [0.5, 0.6) is 5.75 Å². The number of carbonyl (C=O) groups excluding carboxylic acids is 1. The van der Waals surface area contributed by atoms with Gasteiger partial charge in [0.1, 0.15) is 0 Å². The summed E-state index contributed by atoms with van der Waals surface area (Å²) in [5.41, 5.74) is 0.0375. The zero-order valence-electron chi connectivity index (χ0n) is 20.6. The fourth-order valence-electron chi connectivity index (χ4n) is 5.25. The van der Waals surface area contributed by atoms with Crippen molar-refractivity contribution < 1.29 is 35.9 Å². The lowest BCUT2D eigenvalue weighted by Gasteiger charge is -2.26. The van der Waals surface area contributed by atoms with Crippen molar-refractivity contribution in [3.63, 3.8) is 0 Å². The van der Waals surface area contributed by atoms with Crippen LogP contribution in [-0.4, -0.2) is 28.8 Å². The molecule has 1 N–H and O–H groups in total. The van der Waals surface area contributed by atoms with Crippen molar-refractivity contribution in [2.45, 2.75) is 77.2 Å². The molecule has 0 unspecified atom stereocenters. The Bertz CT molecular complexity index is 1100. The van der Waals surface area contributed by atoms with Crippen molar-refractivity contribution in [3.8, 4) is 17.0 Å². The second kappa shape index (κ2) is 11.0. The van der Waals surface area contributed by atoms with Gasteiger partial charge in [-0.25, -0.2) is 9.80 Å². The number of hydrogen-bond donors (Lipinski definition) is 1. The van der Waals surface area contributed by atoms with Gasteiger partial charge in [-0.05, 0) is 56.7 Å². The number of rotatable bonds is 5. The largest absolute Gasteiger partial charge is 0.427 e. The minimum atomic E-state index is -4.88. The summed E-state index contributed by atoms with van der Waals surface area (Å²) in [7, 11) is 0. The smallest absolute Gasteiger partial charge is 0.407 e. The number of aromatic nitrogens is 1. The summed E-state index contributed by atoms with van der Waals surface area (Å²) in [6.07, 6.45) is -2.81. The molecule has 1 aliphatic heterocycles. The summed E-state index contributed by atoms with van der Waals surface area (Å²) < 4.78 is 89.4. The first-order chi connectivity index (χ1) is 17.4. The van der Waals surface area contributed by atoms with Gasteiger partial charge in [0.2, 0.25) is 0 Å². The summed E-state index contributed by atoms with van der Waals surface area (Å²) in [5, 5.41) is 1.72. The first-order valence-electron chi connectivity index (χ1n) is 12.7. The molecule has 1 saturated heterocycles. The molecule has 204 valence electrons. The number of benzene rings is 1. The van der Waals surface area contributed by atoms with Crippen molar-refractivity contribution in [3.05, 3.63) is 41.1 Å². The third-order valence-electron chi connectivity index (χ3n) is 7.22. The Morgan fingerprint density at radius 1 is 0.946 bits per heavy atom. The van der Waals surface area contributed by atoms with Gasteiger partial charge >= 0.3 is 18.4 Å². The number of alkyl halides is 6. The summed E-state index contributed by atoms with van der Waals surface area (Å²) in [5.74, 6) is 0.180. The van der Waals surface area contributed by atoms with Crippen molar-refractivity contribution in [1.29, 1.82) is 0 Å². The van der Waals surface area contributed by atoms with E-state index in [4.69, 9.17) is 4.74 Å². The second-order valence-corrected chi connectivity index (χ2v) is 9.90. The molecule has 1 aromatic heterocycles. The monoisotopic (exact) mass is 531 g/mol. The van der Waals surface area contributed by atoms with E-state index in [0.717, 1.165) is 51.4 Å². The normalized spacial score (nSPS) is 18.1. The van der Waals surface area contributed by atoms with Gasteiger partial charge in [-0.15, -0.1) is 0 Å². The molecule has 1 aromatic carbocycles. The Morgan fingerprint density at radius 3 is 2.22 bits per heavy atom. The van der Waals surface area contributed by atoms with Crippen LogP contribution in [0.4, 0.5) is 31.1 Å². The standard InChI is InChI=1S/C26H31F6N3O2/c1-17-23(37-24(36)33-34-12-6-3-7-13-34)15-22(35(17)16-18-8-4-2-5-9-18)20-14-19(25(27,28)29)10-11-21(20)26(30,31)32/h10-11,14-15,18H,2-9,12-13,16H2,1H3,(H,33,36). The molecule has 4 rings (SSSR count). The van der Waals surface area contributed by atoms with E-state index in [0.29, 0.717) is 43.5 Å². The summed E-state index contributed by atoms with van der Waals surface area (Å²) >= 11 is 0. The van der Waals surface area contributed by atoms with Crippen LogP contribution in [0.3, 0.4) is 0 Å². The van der Waals surface area contributed by atoms with E-state index in [2.05, 4.69) is 5.43 Å². The van der Waals surface area contributed by atoms with Crippen molar-refractivity contribution >= 4 is 6.09 Å². The molecule has 11 heteroatoms. The topological polar surface area (TPSA) is 46.5 Å². The molecule has 1 aliphatic carbocycles. The lowest BCUT2D eigenvalue weighted by atomic mass is 9.89. The average Bonchev–Trinajstić information content (AvgIpc) is 3.13. The SMILES string of the molecule is Cc1c(OC(=O)NN2CCCCC2)cc(-c2cc(C(F)(F)F)ccc2C(F)(F)F)n1CC1CCCCC1. The van der Waals surface area contributed by atoms with Crippen molar-refractivity contribution in [2.75, 3.05) is 13.1 Å². The summed E-state index contributed by atoms with van der Waals surface area (Å²) in [6.45, 7) is 3.24. The van der Waals surface area contributed by atoms with Gasteiger partial charge in [-0.2, -0.15) is 26.3 Å². The van der Waals surface area contributed by atoms with Gasteiger partial charge in [0.25, 0.3) is 0 Å². The minimum absolute atomic E-state index is 0.0193. The average molecular weight is 532 g/mol. The molecular weight excluding hydrogens is 500 g/mol. The van der Waals surface area contributed by atoms with Crippen molar-refractivity contribution in [1.82, 2.24) is 15.0 Å². The maximum absolute atomic E-state index is 13.9. The number of piperidine rings is 1. The van der Waals surface area contributed by atoms with Gasteiger partial charge in [-0.1, -0.05) is 25.7 Å². The predicted octanol–water partition coefficient (Wildman–Crippen LogP) is 7.57. The first-order valence-corrected chi connectivity index (χ1v) is 12.7. The lowest BCUT2D eigenvalue weighted by Crippen LogP contribution is -2.46. The fraction of sp³-hybridized carbons (Fsp3) is 0.577. The van der Waals surface area contributed by atoms with Crippen LogP contribution in [0.25, 0.3) is 11.3 Å². The molecule has 2 aromatic rings. The number of amides is 1. The highest BCUT2D eigenvalue weighted by Crippen LogP contribution is 2.43. The third kappa shape index (κ3) is 6.61. The van der Waals surface area contributed by atoms with E-state index in [9.17, 15) is 31.1 Å². The molecule has 0 atom stereocenters. The Labute approximate surface area is 211 Å². The van der Waals surface area contributed by atoms with E-state index in [-0.39, 0.29) is 17.4 Å². The molecule has 0 spiro atoms. The molecule has 2 aliphatic rings. The maximum atomic E-state index is 13.9. The highest BCUT2D eigenvalue weighted by molar-refractivity contribution is 5.74. The van der Waals surface area contributed by atoms with Gasteiger partial charge in [0.05, 0.1) is 22.5 Å². The van der Waals surface area contributed by atoms with Gasteiger partial charge in [-0.3, -0.25) is 5.43 Å². The molecule has 2 heterocycles. The van der Waals surface area contributed by atoms with E-state index < -0.39 is 35.1 Å². The van der Waals surface area contributed by atoms with E-state index in [1.54, 1.807) is 16.5 Å². The van der Waals surface area contributed by atoms with Crippen LogP contribution >= 0.6 is 0 Å². The number of hydrazine groups is 1. The lowest BCUT2D eigenvalue weighted by molar-refractivity contribution is -0.141. The molecule has 37 heavy (non-hydrogen) atoms. The highest BCUT2D eigenvalue weighted by atomic mass is 19.4. The first kappa shape index (κ1) is 27.3. The van der Waals surface area contributed by atoms with E-state index in [1.807, 2.05) is 0 Å². The van der Waals surface area contributed by atoms with Crippen LogP contribution in [0.15, 0.2) is 24.3 Å². The minimum Gasteiger partial charge on any atom is -0.407 e. The molecule has 0 radical (unpaired) electrons. The van der Waals surface area contributed by atoms with Gasteiger partial charge in [0.15, 0.2) is 5.75 Å². The summed E-state index contributed by atoms with van der Waals surface area (Å²) in [4.78, 5) is 12.6. The zero-order chi connectivity index (χ0) is 26.8. The Kier molecular flexibility index (Phi) is 8.11. The number of ether oxygens (including phenoxy) is 1. The third-order valence-corrected chi connectivity index (χ3v) is 7.22. The fourth-order valence-corrected chi connectivity index (χ4v) is 5.25. The Balaban J connectivity index is 1.75. The molecule has 2 fully saturated rings. The van der Waals surface area contributed by atoms with Crippen LogP contribution < -0.4 is 10.2 Å². The van der Waals surface area contributed by atoms with Gasteiger partial charge < -0.3 is 9.30 Å². The molecule has 5 nitrogen and oxygen atoms in total. The Hall–Kier alpha value is -2.69. The maximum Gasteiger partial charge on any atom is 0.427 e. The molecule has 1 saturated carbocycles. The molecular formula is C26H31F6N3O2. The highest BCUT2D eigenvalue weighted by Gasteiger charge is 2.38. The summed E-state index contributed by atoms with van der Waals surface area (Å²) in [6, 6.07) is 2.69. The van der Waals surface area contributed by atoms with Crippen molar-refractivity contribution in [2.24, 2.45) is 5.92 Å². The van der Waals surface area contributed by atoms with Crippen LogP contribution in [0, 0.1) is 12.8 Å². The van der Waals surface area contributed by atoms with Crippen LogP contribution in [0.1, 0.15) is 68.2 Å². The number of nitrogens with zero attached hydrogens (tertiary/aromatic N) is 2. The number of hydrogen-bond acceptors (Lipinski definition) is 3. The quantitative estimate of drug-likeness (QED) is 0.405. The predicted molar refractivity (Wildman–Crippen MR) is 126 cm³/mol. The zero-order valence-corrected chi connectivity index (χ0v) is 20.6. The second-order valence-electron chi connectivity index (χ2n) is 9.90. The molecule has 0 bridgehead atoms. The number of halogens is 6. The van der Waals surface area contributed by atoms with Crippen LogP contribution in [0.2, 0.25) is 0 Å². The van der Waals surface area contributed by atoms with E-state index in [1.165, 1.54) is 6.07 Å². The molecule has 1 amide bonds. The number of nitrogens with one attached hydrogen (secondary N) is 1. The Morgan fingerprint density at radius 2 is 1.59 bits per heavy atom. The van der Waals surface area contributed by atoms with E-state index >= 15 is 0 Å². The van der Waals surface area contributed by atoms with Crippen LogP contribution in [-0.2, 0) is 18.9 Å². The van der Waals surface area contributed by atoms with Gasteiger partial charge in [0, 0.05) is 31.3 Å². The number of carbonyl (C=O) groups is 1.